The quantitative estimate of drug-likeness (QED) is 0.710. The van der Waals surface area contributed by atoms with Crippen molar-refractivity contribution in [1.29, 1.82) is 0 Å². The van der Waals surface area contributed by atoms with Crippen LogP contribution in [0.1, 0.15) is 6.92 Å². The molecule has 1 saturated carbocycles. The minimum Gasteiger partial charge on any atom is -0.481 e. The average molecular weight is 236 g/mol. The van der Waals surface area contributed by atoms with Gasteiger partial charge in [0, 0.05) is 0 Å². The molecule has 1 rings (SSSR count). The van der Waals surface area contributed by atoms with Crippen molar-refractivity contribution in [3.63, 3.8) is 0 Å². The summed E-state index contributed by atoms with van der Waals surface area (Å²) < 4.78 is 73.6. The van der Waals surface area contributed by atoms with E-state index in [1.54, 1.807) is 0 Å². The van der Waals surface area contributed by atoms with E-state index in [0.717, 1.165) is 0 Å². The molecule has 1 aliphatic rings. The molecule has 8 heteroatoms. The molecule has 2 unspecified atom stereocenters. The zero-order chi connectivity index (χ0) is 12.2. The van der Waals surface area contributed by atoms with E-state index in [9.17, 15) is 31.1 Å². The third kappa shape index (κ3) is 1.30. The minimum atomic E-state index is -5.59. The summed E-state index contributed by atoms with van der Waals surface area (Å²) in [4.78, 5) is 10.3. The molecule has 0 aromatic heterocycles. The van der Waals surface area contributed by atoms with Crippen LogP contribution in [0.25, 0.3) is 0 Å². The molecule has 0 bridgehead atoms. The molecule has 0 aromatic rings. The molecule has 0 amide bonds. The van der Waals surface area contributed by atoms with Crippen LogP contribution in [-0.2, 0) is 4.79 Å². The van der Waals surface area contributed by atoms with Gasteiger partial charge in [-0.15, -0.1) is 0 Å². The third-order valence-corrected chi connectivity index (χ3v) is 2.80. The van der Waals surface area contributed by atoms with Crippen LogP contribution in [0.3, 0.4) is 0 Å². The highest BCUT2D eigenvalue weighted by Gasteiger charge is 2.90. The van der Waals surface area contributed by atoms with Gasteiger partial charge in [-0.3, -0.25) is 4.79 Å². The number of hydrogen-bond acceptors (Lipinski definition) is 1. The van der Waals surface area contributed by atoms with Gasteiger partial charge in [0.25, 0.3) is 0 Å². The molecule has 1 N–H and O–H groups in total. The highest BCUT2D eigenvalue weighted by molar-refractivity contribution is 5.76. The predicted molar refractivity (Wildman–Crippen MR) is 34.8 cm³/mol. The number of hydrogen-bond donors (Lipinski definition) is 1. The normalized spacial score (nSPS) is 30.1. The van der Waals surface area contributed by atoms with Gasteiger partial charge in [-0.25, -0.2) is 0 Å². The van der Waals surface area contributed by atoms with Gasteiger partial charge in [-0.1, -0.05) is 6.92 Å². The summed E-state index contributed by atoms with van der Waals surface area (Å²) in [5.41, 5.74) is -4.08. The van der Waals surface area contributed by atoms with Crippen LogP contribution in [0.5, 0.6) is 0 Å². The Kier molecular flexibility index (Phi) is 2.26. The van der Waals surface area contributed by atoms with Crippen LogP contribution in [0.2, 0.25) is 0 Å². The molecule has 0 aromatic carbocycles. The lowest BCUT2D eigenvalue weighted by Crippen LogP contribution is -2.42. The Labute approximate surface area is 79.9 Å². The molecule has 0 aliphatic heterocycles. The van der Waals surface area contributed by atoms with Crippen molar-refractivity contribution < 1.29 is 36.2 Å². The van der Waals surface area contributed by atoms with E-state index >= 15 is 0 Å². The maximum absolute atomic E-state index is 12.3. The minimum absolute atomic E-state index is 0.639. The molecule has 0 heterocycles. The first-order chi connectivity index (χ1) is 6.48. The van der Waals surface area contributed by atoms with Crippen molar-refractivity contribution in [2.24, 2.45) is 17.3 Å². The molecule has 1 aliphatic carbocycles. The summed E-state index contributed by atoms with van der Waals surface area (Å²) in [6, 6.07) is 0. The van der Waals surface area contributed by atoms with Gasteiger partial charge in [-0.05, 0) is 5.92 Å². The molecule has 0 saturated heterocycles. The second kappa shape index (κ2) is 2.79. The Balaban J connectivity index is 3.21. The zero-order valence-corrected chi connectivity index (χ0v) is 7.28. The SMILES string of the molecule is CC1C(C(=O)O)C1(C(F)(F)F)C(F)(F)F. The zero-order valence-electron chi connectivity index (χ0n) is 7.28. The van der Waals surface area contributed by atoms with Crippen LogP contribution in [0.15, 0.2) is 0 Å². The Bertz CT molecular complexity index is 277. The maximum atomic E-state index is 12.3. The molecule has 0 spiro atoms. The molecule has 2 atom stereocenters. The lowest BCUT2D eigenvalue weighted by atomic mass is 10.0. The van der Waals surface area contributed by atoms with E-state index in [0.29, 0.717) is 6.92 Å². The van der Waals surface area contributed by atoms with Gasteiger partial charge in [0.1, 0.15) is 0 Å². The first-order valence-electron chi connectivity index (χ1n) is 3.84. The molecule has 15 heavy (non-hydrogen) atoms. The van der Waals surface area contributed by atoms with Crippen molar-refractivity contribution in [3.05, 3.63) is 0 Å². The number of rotatable bonds is 1. The predicted octanol–water partition coefficient (Wildman–Crippen LogP) is 2.45. The van der Waals surface area contributed by atoms with Crippen LogP contribution in [-0.4, -0.2) is 23.4 Å². The standard InChI is InChI=1S/C7H6F6O2/c1-2-3(4(14)15)5(2,6(8,9)10)7(11,12)13/h2-3H,1H3,(H,14,15). The fourth-order valence-corrected chi connectivity index (χ4v) is 2.00. The smallest absolute Gasteiger partial charge is 0.404 e. The summed E-state index contributed by atoms with van der Waals surface area (Å²) in [5.74, 6) is -6.48. The highest BCUT2D eigenvalue weighted by atomic mass is 19.4. The third-order valence-electron chi connectivity index (χ3n) is 2.80. The molecule has 88 valence electrons. The Morgan fingerprint density at radius 3 is 1.53 bits per heavy atom. The van der Waals surface area contributed by atoms with Crippen molar-refractivity contribution in [2.45, 2.75) is 19.3 Å². The fourth-order valence-electron chi connectivity index (χ4n) is 2.00. The van der Waals surface area contributed by atoms with Crippen molar-refractivity contribution >= 4 is 5.97 Å². The number of carboxylic acid groups (broad SMARTS) is 1. The van der Waals surface area contributed by atoms with E-state index in [-0.39, 0.29) is 0 Å². The number of carbonyl (C=O) groups is 1. The van der Waals surface area contributed by atoms with Gasteiger partial charge in [-0.2, -0.15) is 26.3 Å². The Hall–Kier alpha value is -0.950. The fraction of sp³-hybridized carbons (Fsp3) is 0.857. The first-order valence-corrected chi connectivity index (χ1v) is 3.84. The maximum Gasteiger partial charge on any atom is 0.404 e. The van der Waals surface area contributed by atoms with Crippen LogP contribution >= 0.6 is 0 Å². The highest BCUT2D eigenvalue weighted by Crippen LogP contribution is 2.73. The van der Waals surface area contributed by atoms with E-state index in [1.165, 1.54) is 0 Å². The lowest BCUT2D eigenvalue weighted by Gasteiger charge is -2.23. The number of aliphatic carboxylic acids is 1. The second-order valence-corrected chi connectivity index (χ2v) is 3.47. The summed E-state index contributed by atoms with van der Waals surface area (Å²) in [6.07, 6.45) is -11.2. The monoisotopic (exact) mass is 236 g/mol. The largest absolute Gasteiger partial charge is 0.481 e. The molecule has 1 fully saturated rings. The van der Waals surface area contributed by atoms with Gasteiger partial charge in [0.05, 0.1) is 5.92 Å². The molecular formula is C7H6F6O2. The Morgan fingerprint density at radius 2 is 1.47 bits per heavy atom. The first kappa shape index (κ1) is 12.1. The summed E-state index contributed by atoms with van der Waals surface area (Å²) in [5, 5.41) is 8.29. The van der Waals surface area contributed by atoms with E-state index in [2.05, 4.69) is 0 Å². The van der Waals surface area contributed by atoms with E-state index in [4.69, 9.17) is 5.11 Å². The van der Waals surface area contributed by atoms with Gasteiger partial charge in [0.15, 0.2) is 5.41 Å². The van der Waals surface area contributed by atoms with Crippen LogP contribution < -0.4 is 0 Å². The summed E-state index contributed by atoms with van der Waals surface area (Å²) in [6.45, 7) is 0.639. The summed E-state index contributed by atoms with van der Waals surface area (Å²) in [7, 11) is 0. The van der Waals surface area contributed by atoms with Crippen molar-refractivity contribution in [1.82, 2.24) is 0 Å². The van der Waals surface area contributed by atoms with Gasteiger partial charge < -0.3 is 5.11 Å². The summed E-state index contributed by atoms with van der Waals surface area (Å²) >= 11 is 0. The molecule has 2 nitrogen and oxygen atoms in total. The van der Waals surface area contributed by atoms with Gasteiger partial charge in [0.2, 0.25) is 0 Å². The van der Waals surface area contributed by atoms with Crippen LogP contribution in [0.4, 0.5) is 26.3 Å². The number of alkyl halides is 6. The second-order valence-electron chi connectivity index (χ2n) is 3.47. The van der Waals surface area contributed by atoms with Gasteiger partial charge >= 0.3 is 18.3 Å². The molecule has 0 radical (unpaired) electrons. The number of halogens is 6. The topological polar surface area (TPSA) is 37.3 Å². The van der Waals surface area contributed by atoms with E-state index in [1.807, 2.05) is 0 Å². The van der Waals surface area contributed by atoms with Crippen molar-refractivity contribution in [3.8, 4) is 0 Å². The van der Waals surface area contributed by atoms with Crippen LogP contribution in [0, 0.1) is 17.3 Å². The number of carboxylic acids is 1. The Morgan fingerprint density at radius 1 is 1.13 bits per heavy atom. The molecular weight excluding hydrogens is 230 g/mol. The van der Waals surface area contributed by atoms with E-state index < -0.39 is 35.6 Å². The van der Waals surface area contributed by atoms with Crippen molar-refractivity contribution in [2.75, 3.05) is 0 Å². The average Bonchev–Trinajstić information content (AvgIpc) is 2.53. The lowest BCUT2D eigenvalue weighted by molar-refractivity contribution is -0.309.